The van der Waals surface area contributed by atoms with E-state index in [9.17, 15) is 0 Å². The maximum Gasteiger partial charge on any atom is 0.137 e. The number of H-pyrrole nitrogens is 1. The molecule has 4 rings (SSSR count). The van der Waals surface area contributed by atoms with Gasteiger partial charge >= 0.3 is 0 Å². The molecule has 0 fully saturated rings. The van der Waals surface area contributed by atoms with Crippen LogP contribution in [0.25, 0.3) is 11.4 Å². The average Bonchev–Trinajstić information content (AvgIpc) is 3.13. The maximum absolute atomic E-state index is 8.56. The molecule has 0 saturated carbocycles. The third kappa shape index (κ3) is 4.70. The van der Waals surface area contributed by atoms with Gasteiger partial charge in [-0.15, -0.1) is 0 Å². The number of benzene rings is 2. The van der Waals surface area contributed by atoms with E-state index in [-0.39, 0.29) is 0 Å². The molecule has 3 nitrogen and oxygen atoms in total. The van der Waals surface area contributed by atoms with Crippen LogP contribution in [0.2, 0.25) is 0 Å². The number of nitrogens with zero attached hydrogens (tertiary/aromatic N) is 2. The molecule has 2 aromatic carbocycles. The van der Waals surface area contributed by atoms with Crippen LogP contribution in [-0.4, -0.2) is 9.97 Å². The van der Waals surface area contributed by atoms with Crippen LogP contribution in [0.3, 0.4) is 0 Å². The van der Waals surface area contributed by atoms with Crippen LogP contribution < -0.4 is 0 Å². The molecule has 0 spiro atoms. The molecule has 1 aliphatic rings. The van der Waals surface area contributed by atoms with Crippen molar-refractivity contribution in [2.45, 2.75) is 59.3 Å². The Bertz CT molecular complexity index is 949. The molecule has 0 bridgehead atoms. The van der Waals surface area contributed by atoms with Gasteiger partial charge in [-0.1, -0.05) is 55.8 Å². The van der Waals surface area contributed by atoms with Crippen LogP contribution in [0.1, 0.15) is 66.2 Å². The lowest BCUT2D eigenvalue weighted by molar-refractivity contribution is 0.667. The Labute approximate surface area is 168 Å². The van der Waals surface area contributed by atoms with Crippen molar-refractivity contribution in [2.24, 2.45) is 0 Å². The number of nitrogens with one attached hydrogen (secondary N) is 1. The van der Waals surface area contributed by atoms with Gasteiger partial charge in [0.15, 0.2) is 0 Å². The van der Waals surface area contributed by atoms with Crippen LogP contribution in [0.15, 0.2) is 42.5 Å². The summed E-state index contributed by atoms with van der Waals surface area (Å²) in [7, 11) is 0. The summed E-state index contributed by atoms with van der Waals surface area (Å²) in [6.07, 6.45) is 4.87. The van der Waals surface area contributed by atoms with Crippen molar-refractivity contribution < 1.29 is 0 Å². The van der Waals surface area contributed by atoms with E-state index < -0.39 is 0 Å². The topological polar surface area (TPSA) is 52.5 Å². The third-order valence-corrected chi connectivity index (χ3v) is 5.31. The van der Waals surface area contributed by atoms with Gasteiger partial charge in [0.25, 0.3) is 0 Å². The van der Waals surface area contributed by atoms with Gasteiger partial charge in [-0.3, -0.25) is 0 Å². The zero-order valence-corrected chi connectivity index (χ0v) is 17.3. The fraction of sp³-hybridized carbons (Fsp3) is 0.360. The Morgan fingerprint density at radius 3 is 2.32 bits per heavy atom. The molecule has 0 amide bonds. The number of aromatic nitrogens is 2. The van der Waals surface area contributed by atoms with E-state index in [2.05, 4.69) is 49.2 Å². The summed E-state index contributed by atoms with van der Waals surface area (Å²) in [4.78, 5) is 8.23. The van der Waals surface area contributed by atoms with Gasteiger partial charge < -0.3 is 4.98 Å². The van der Waals surface area contributed by atoms with Gasteiger partial charge in [-0.2, -0.15) is 5.26 Å². The molecule has 144 valence electrons. The van der Waals surface area contributed by atoms with E-state index >= 15 is 0 Å². The van der Waals surface area contributed by atoms with Crippen molar-refractivity contribution in [3.05, 3.63) is 76.1 Å². The zero-order chi connectivity index (χ0) is 20.1. The Hall–Kier alpha value is -2.86. The second-order valence-corrected chi connectivity index (χ2v) is 7.92. The molecule has 1 N–H and O–H groups in total. The number of aryl methyl sites for hydroxylation is 4. The molecule has 28 heavy (non-hydrogen) atoms. The lowest BCUT2D eigenvalue weighted by Crippen LogP contribution is -2.00. The van der Waals surface area contributed by atoms with Crippen LogP contribution in [0.4, 0.5) is 0 Å². The summed E-state index contributed by atoms with van der Waals surface area (Å²) < 4.78 is 0. The van der Waals surface area contributed by atoms with Gasteiger partial charge in [-0.05, 0) is 62.6 Å². The normalized spacial score (nSPS) is 12.7. The smallest absolute Gasteiger partial charge is 0.137 e. The molecule has 0 aliphatic heterocycles. The Morgan fingerprint density at radius 2 is 1.71 bits per heavy atom. The predicted molar refractivity (Wildman–Crippen MR) is 115 cm³/mol. The Morgan fingerprint density at radius 1 is 1.00 bits per heavy atom. The zero-order valence-electron chi connectivity index (χ0n) is 17.3. The molecule has 0 unspecified atom stereocenters. The van der Waals surface area contributed by atoms with Crippen LogP contribution in [0, 0.1) is 25.2 Å². The predicted octanol–water partition coefficient (Wildman–Crippen LogP) is 6.25. The molecule has 0 atom stereocenters. The highest BCUT2D eigenvalue weighted by molar-refractivity contribution is 5.57. The molecule has 1 aliphatic carbocycles. The number of nitriles is 1. The number of rotatable bonds is 2. The number of aromatic amines is 1. The second kappa shape index (κ2) is 8.89. The molecular weight excluding hydrogens is 342 g/mol. The first-order chi connectivity index (χ1) is 13.5. The second-order valence-electron chi connectivity index (χ2n) is 7.92. The molecular formula is C25H29N3. The quantitative estimate of drug-likeness (QED) is 0.578. The van der Waals surface area contributed by atoms with Crippen LogP contribution >= 0.6 is 0 Å². The van der Waals surface area contributed by atoms with E-state index in [0.29, 0.717) is 5.92 Å². The summed E-state index contributed by atoms with van der Waals surface area (Å²) in [5.74, 6) is 1.63. The largest absolute Gasteiger partial charge is 0.342 e. The molecule has 1 heterocycles. The molecule has 3 heteroatoms. The first-order valence-corrected chi connectivity index (χ1v) is 10.1. The highest BCUT2D eigenvalue weighted by atomic mass is 14.9. The van der Waals surface area contributed by atoms with Crippen LogP contribution in [-0.2, 0) is 12.8 Å². The maximum atomic E-state index is 8.56. The van der Waals surface area contributed by atoms with E-state index in [4.69, 9.17) is 10.2 Å². The van der Waals surface area contributed by atoms with Crippen molar-refractivity contribution in [3.8, 4) is 17.5 Å². The van der Waals surface area contributed by atoms with Crippen molar-refractivity contribution in [3.63, 3.8) is 0 Å². The fourth-order valence-corrected chi connectivity index (χ4v) is 3.55. The number of hydrogen-bond acceptors (Lipinski definition) is 2. The Kier molecular flexibility index (Phi) is 6.31. The molecule has 0 radical (unpaired) electrons. The van der Waals surface area contributed by atoms with Crippen molar-refractivity contribution in [1.29, 1.82) is 5.26 Å². The highest BCUT2D eigenvalue weighted by Gasteiger charge is 2.15. The summed E-state index contributed by atoms with van der Waals surface area (Å²) in [6, 6.07) is 16.7. The van der Waals surface area contributed by atoms with E-state index in [0.717, 1.165) is 29.8 Å². The Balaban J connectivity index is 0.000000192. The monoisotopic (exact) mass is 371 g/mol. The van der Waals surface area contributed by atoms with Gasteiger partial charge in [0, 0.05) is 11.3 Å². The van der Waals surface area contributed by atoms with Gasteiger partial charge in [-0.25, -0.2) is 4.98 Å². The first kappa shape index (κ1) is 19.9. The average molecular weight is 372 g/mol. The van der Waals surface area contributed by atoms with Crippen LogP contribution in [0.5, 0.6) is 0 Å². The number of hydrogen-bond donors (Lipinski definition) is 1. The van der Waals surface area contributed by atoms with Crippen molar-refractivity contribution >= 4 is 0 Å². The number of imidazole rings is 1. The fourth-order valence-electron chi connectivity index (χ4n) is 3.55. The molecule has 0 saturated heterocycles. The summed E-state index contributed by atoms with van der Waals surface area (Å²) in [6.45, 7) is 8.42. The summed E-state index contributed by atoms with van der Waals surface area (Å²) in [5.41, 5.74) is 8.25. The minimum atomic E-state index is 0.587. The number of fused-ring (bicyclic) bond motifs is 1. The van der Waals surface area contributed by atoms with Crippen molar-refractivity contribution in [2.75, 3.05) is 0 Å². The SMILES string of the molecule is CC(C)c1ccc(-c2nc3c([nH]2)CCCC3)cc1.Cc1ccc(C#N)c(C)c1. The van der Waals surface area contributed by atoms with E-state index in [1.54, 1.807) is 0 Å². The molecule has 1 aromatic heterocycles. The minimum Gasteiger partial charge on any atom is -0.342 e. The summed E-state index contributed by atoms with van der Waals surface area (Å²) >= 11 is 0. The molecule has 3 aromatic rings. The van der Waals surface area contributed by atoms with E-state index in [1.807, 2.05) is 32.0 Å². The van der Waals surface area contributed by atoms with Crippen molar-refractivity contribution in [1.82, 2.24) is 9.97 Å². The summed E-state index contributed by atoms with van der Waals surface area (Å²) in [5, 5.41) is 8.56. The van der Waals surface area contributed by atoms with E-state index in [1.165, 1.54) is 40.9 Å². The van der Waals surface area contributed by atoms with Gasteiger partial charge in [0.05, 0.1) is 17.3 Å². The lowest BCUT2D eigenvalue weighted by Gasteiger charge is -2.07. The first-order valence-electron chi connectivity index (χ1n) is 10.1. The lowest BCUT2D eigenvalue weighted by atomic mass is 10.0. The van der Waals surface area contributed by atoms with Gasteiger partial charge in [0.2, 0.25) is 0 Å². The minimum absolute atomic E-state index is 0.587. The third-order valence-electron chi connectivity index (χ3n) is 5.31. The highest BCUT2D eigenvalue weighted by Crippen LogP contribution is 2.25. The van der Waals surface area contributed by atoms with Gasteiger partial charge in [0.1, 0.15) is 5.82 Å². The standard InChI is InChI=1S/C16H20N2.C9H9N/c1-11(2)12-7-9-13(10-8-12)16-17-14-5-3-4-6-15(14)18-16;1-7-3-4-9(6-10)8(2)5-7/h7-11H,3-6H2,1-2H3,(H,17,18);3-5H,1-2H3.